The van der Waals surface area contributed by atoms with Gasteiger partial charge >= 0.3 is 0 Å². The number of ether oxygens (including phenoxy) is 1. The number of benzene rings is 1. The Labute approximate surface area is 178 Å². The van der Waals surface area contributed by atoms with Crippen LogP contribution in [0.2, 0.25) is 0 Å². The number of amides is 1. The summed E-state index contributed by atoms with van der Waals surface area (Å²) in [4.78, 5) is 12.6. The van der Waals surface area contributed by atoms with E-state index in [0.717, 1.165) is 23.6 Å². The van der Waals surface area contributed by atoms with Gasteiger partial charge in [-0.25, -0.2) is 0 Å². The van der Waals surface area contributed by atoms with Gasteiger partial charge in [0.2, 0.25) is 5.91 Å². The van der Waals surface area contributed by atoms with Gasteiger partial charge in [0.15, 0.2) is 10.6 Å². The largest absolute Gasteiger partial charge is 0.494 e. The fraction of sp³-hybridized carbons (Fsp3) is 0.591. The van der Waals surface area contributed by atoms with E-state index in [1.807, 2.05) is 35.8 Å². The van der Waals surface area contributed by atoms with E-state index < -0.39 is 0 Å². The second kappa shape index (κ2) is 10.6. The number of hydrogen-bond acceptors (Lipinski definition) is 4. The summed E-state index contributed by atoms with van der Waals surface area (Å²) in [5.41, 5.74) is 0.941. The zero-order valence-electron chi connectivity index (χ0n) is 17.4. The number of hydrogen-bond donors (Lipinski definition) is 2. The number of H-pyrrole nitrogens is 1. The third kappa shape index (κ3) is 5.69. The zero-order valence-corrected chi connectivity index (χ0v) is 18.3. The lowest BCUT2D eigenvalue weighted by atomic mass is 9.97. The molecule has 1 aliphatic carbocycles. The quantitative estimate of drug-likeness (QED) is 0.542. The number of aromatic amines is 1. The molecule has 1 heterocycles. The van der Waals surface area contributed by atoms with Crippen LogP contribution in [0.1, 0.15) is 58.8 Å². The first kappa shape index (κ1) is 21.6. The number of carbonyl (C=O) groups excluding carboxylic acids is 1. The fourth-order valence-corrected chi connectivity index (χ4v) is 4.37. The van der Waals surface area contributed by atoms with Gasteiger partial charge in [-0.2, -0.15) is 5.10 Å². The summed E-state index contributed by atoms with van der Waals surface area (Å²) < 4.78 is 7.93. The van der Waals surface area contributed by atoms with Crippen LogP contribution in [0.15, 0.2) is 24.3 Å². The van der Waals surface area contributed by atoms with Crippen LogP contribution in [0, 0.1) is 10.7 Å². The van der Waals surface area contributed by atoms with Crippen molar-refractivity contribution in [1.82, 2.24) is 20.1 Å². The van der Waals surface area contributed by atoms with Crippen molar-refractivity contribution in [3.63, 3.8) is 0 Å². The highest BCUT2D eigenvalue weighted by Gasteiger charge is 2.27. The van der Waals surface area contributed by atoms with Crippen molar-refractivity contribution in [3.8, 4) is 17.1 Å². The highest BCUT2D eigenvalue weighted by atomic mass is 32.1. The molecule has 7 heteroatoms. The number of nitrogens with one attached hydrogen (secondary N) is 2. The molecule has 1 aliphatic rings. The lowest BCUT2D eigenvalue weighted by Crippen LogP contribution is -2.37. The van der Waals surface area contributed by atoms with E-state index in [2.05, 4.69) is 22.4 Å². The molecule has 1 aromatic heterocycles. The Kier molecular flexibility index (Phi) is 7.86. The smallest absolute Gasteiger partial charge is 0.222 e. The summed E-state index contributed by atoms with van der Waals surface area (Å²) in [5, 5.41) is 10.5. The third-order valence-corrected chi connectivity index (χ3v) is 5.99. The van der Waals surface area contributed by atoms with Gasteiger partial charge in [-0.05, 0) is 68.6 Å². The second-order valence-corrected chi connectivity index (χ2v) is 8.11. The zero-order chi connectivity index (χ0) is 20.6. The molecule has 2 aromatic rings. The number of nitrogens with zero attached hydrogens (tertiary/aromatic N) is 2. The van der Waals surface area contributed by atoms with Crippen LogP contribution < -0.4 is 10.1 Å². The van der Waals surface area contributed by atoms with Crippen LogP contribution in [0.3, 0.4) is 0 Å². The van der Waals surface area contributed by atoms with E-state index in [-0.39, 0.29) is 5.91 Å². The lowest BCUT2D eigenvalue weighted by molar-refractivity contribution is -0.122. The van der Waals surface area contributed by atoms with E-state index in [1.54, 1.807) is 0 Å². The minimum Gasteiger partial charge on any atom is -0.494 e. The summed E-state index contributed by atoms with van der Waals surface area (Å²) in [6.45, 7) is 5.32. The second-order valence-electron chi connectivity index (χ2n) is 7.72. The van der Waals surface area contributed by atoms with Crippen molar-refractivity contribution in [1.29, 1.82) is 0 Å². The van der Waals surface area contributed by atoms with Crippen LogP contribution in [0.5, 0.6) is 5.75 Å². The van der Waals surface area contributed by atoms with Crippen molar-refractivity contribution in [2.24, 2.45) is 5.92 Å². The van der Waals surface area contributed by atoms with Gasteiger partial charge in [0.25, 0.3) is 0 Å². The molecular formula is C22H32N4O2S. The van der Waals surface area contributed by atoms with Crippen molar-refractivity contribution >= 4 is 18.1 Å². The summed E-state index contributed by atoms with van der Waals surface area (Å²) in [7, 11) is 0. The maximum Gasteiger partial charge on any atom is 0.222 e. The molecule has 0 aliphatic heterocycles. The molecule has 158 valence electrons. The molecule has 0 spiro atoms. The molecule has 1 amide bonds. The topological polar surface area (TPSA) is 71.9 Å². The predicted octanol–water partition coefficient (Wildman–Crippen LogP) is 4.87. The van der Waals surface area contributed by atoms with Gasteiger partial charge in [-0.1, -0.05) is 26.2 Å². The summed E-state index contributed by atoms with van der Waals surface area (Å²) >= 11 is 5.39. The minimum absolute atomic E-state index is 0.0964. The van der Waals surface area contributed by atoms with Crippen molar-refractivity contribution in [3.05, 3.63) is 29.0 Å². The number of aromatic nitrogens is 3. The van der Waals surface area contributed by atoms with E-state index in [1.165, 1.54) is 32.1 Å². The molecular weight excluding hydrogens is 384 g/mol. The highest BCUT2D eigenvalue weighted by molar-refractivity contribution is 7.71. The SMILES string of the molecule is CCCCC1CCCC1NC(=O)CCn1c(-c2ccc(OCC)cc2)n[nH]c1=S. The molecule has 29 heavy (non-hydrogen) atoms. The Morgan fingerprint density at radius 2 is 2.10 bits per heavy atom. The molecule has 0 bridgehead atoms. The molecule has 1 fully saturated rings. The number of carbonyl (C=O) groups is 1. The van der Waals surface area contributed by atoms with E-state index in [9.17, 15) is 4.79 Å². The van der Waals surface area contributed by atoms with Gasteiger partial charge in [-0.15, -0.1) is 0 Å². The van der Waals surface area contributed by atoms with Crippen LogP contribution >= 0.6 is 12.2 Å². The first-order valence-corrected chi connectivity index (χ1v) is 11.2. The Hall–Kier alpha value is -2.15. The summed E-state index contributed by atoms with van der Waals surface area (Å²) in [6.07, 6.45) is 7.62. The van der Waals surface area contributed by atoms with E-state index in [4.69, 9.17) is 17.0 Å². The third-order valence-electron chi connectivity index (χ3n) is 5.68. The molecule has 0 saturated heterocycles. The molecule has 0 radical (unpaired) electrons. The average Bonchev–Trinajstić information content (AvgIpc) is 3.31. The lowest BCUT2D eigenvalue weighted by Gasteiger charge is -2.21. The fourth-order valence-electron chi connectivity index (χ4n) is 4.14. The molecule has 3 rings (SSSR count). The van der Waals surface area contributed by atoms with Crippen LogP contribution in [0.4, 0.5) is 0 Å². The van der Waals surface area contributed by atoms with Crippen LogP contribution in [-0.4, -0.2) is 33.3 Å². The minimum atomic E-state index is 0.0964. The average molecular weight is 417 g/mol. The van der Waals surface area contributed by atoms with Gasteiger partial charge in [0.1, 0.15) is 5.75 Å². The Morgan fingerprint density at radius 1 is 1.31 bits per heavy atom. The number of unbranched alkanes of at least 4 members (excludes halogenated alkanes) is 1. The van der Waals surface area contributed by atoms with Gasteiger partial charge in [0.05, 0.1) is 6.61 Å². The Balaban J connectivity index is 1.60. The molecule has 1 saturated carbocycles. The monoisotopic (exact) mass is 416 g/mol. The Morgan fingerprint density at radius 3 is 2.83 bits per heavy atom. The van der Waals surface area contributed by atoms with E-state index in [0.29, 0.717) is 36.3 Å². The van der Waals surface area contributed by atoms with Crippen LogP contribution in [0.25, 0.3) is 11.4 Å². The molecule has 2 unspecified atom stereocenters. The predicted molar refractivity (Wildman–Crippen MR) is 117 cm³/mol. The molecule has 6 nitrogen and oxygen atoms in total. The standard InChI is InChI=1S/C22H32N4O2S/c1-3-5-7-16-8-6-9-19(16)23-20(27)14-15-26-21(24-25-22(26)29)17-10-12-18(13-11-17)28-4-2/h10-13,16,19H,3-9,14-15H2,1-2H3,(H,23,27)(H,25,29). The maximum absolute atomic E-state index is 12.6. The maximum atomic E-state index is 12.6. The van der Waals surface area contributed by atoms with E-state index >= 15 is 0 Å². The van der Waals surface area contributed by atoms with Gasteiger partial charge in [-0.3, -0.25) is 14.5 Å². The van der Waals surface area contributed by atoms with Gasteiger partial charge in [0, 0.05) is 24.6 Å². The highest BCUT2D eigenvalue weighted by Crippen LogP contribution is 2.30. The summed E-state index contributed by atoms with van der Waals surface area (Å²) in [5.74, 6) is 2.30. The molecule has 2 N–H and O–H groups in total. The van der Waals surface area contributed by atoms with Crippen molar-refractivity contribution in [2.75, 3.05) is 6.61 Å². The van der Waals surface area contributed by atoms with Crippen LogP contribution in [-0.2, 0) is 11.3 Å². The first-order chi connectivity index (χ1) is 14.1. The summed E-state index contributed by atoms with van der Waals surface area (Å²) in [6, 6.07) is 8.10. The first-order valence-electron chi connectivity index (χ1n) is 10.8. The molecule has 2 atom stereocenters. The normalized spacial score (nSPS) is 18.7. The Bertz CT molecular complexity index is 843. The van der Waals surface area contributed by atoms with Crippen molar-refractivity contribution < 1.29 is 9.53 Å². The number of rotatable bonds is 10. The van der Waals surface area contributed by atoms with Crippen molar-refractivity contribution in [2.45, 2.75) is 71.4 Å². The van der Waals surface area contributed by atoms with Gasteiger partial charge < -0.3 is 10.1 Å². The molecule has 1 aromatic carbocycles.